The molecule has 0 saturated carbocycles. The monoisotopic (exact) mass is 367 g/mol. The number of hydrogen-bond acceptors (Lipinski definition) is 6. The molecule has 0 heterocycles. The molecule has 6 nitrogen and oxygen atoms in total. The van der Waals surface area contributed by atoms with Gasteiger partial charge in [-0.3, -0.25) is 10.2 Å². The summed E-state index contributed by atoms with van der Waals surface area (Å²) in [7, 11) is 1.47. The van der Waals surface area contributed by atoms with E-state index in [0.717, 1.165) is 6.42 Å². The second-order valence-corrected chi connectivity index (χ2v) is 7.11. The van der Waals surface area contributed by atoms with E-state index in [4.69, 9.17) is 10.1 Å². The third kappa shape index (κ3) is 2.44. The summed E-state index contributed by atoms with van der Waals surface area (Å²) < 4.78 is 5.31. The first-order chi connectivity index (χ1) is 13.0. The summed E-state index contributed by atoms with van der Waals surface area (Å²) in [5, 5.41) is 39.6. The Labute approximate surface area is 156 Å². The summed E-state index contributed by atoms with van der Waals surface area (Å²) in [5.74, 6) is -0.0962. The molecule has 2 aromatic carbocycles. The Morgan fingerprint density at radius 2 is 1.89 bits per heavy atom. The molecule has 0 saturated heterocycles. The van der Waals surface area contributed by atoms with Gasteiger partial charge in [-0.25, -0.2) is 0 Å². The van der Waals surface area contributed by atoms with Crippen molar-refractivity contribution in [2.75, 3.05) is 13.7 Å². The van der Waals surface area contributed by atoms with E-state index < -0.39 is 5.78 Å². The predicted octanol–water partition coefficient (Wildman–Crippen LogP) is 2.55. The molecule has 140 valence electrons. The fourth-order valence-corrected chi connectivity index (χ4v) is 4.35. The topological polar surface area (TPSA) is 111 Å². The van der Waals surface area contributed by atoms with E-state index in [9.17, 15) is 20.1 Å². The first-order valence-electron chi connectivity index (χ1n) is 9.01. The van der Waals surface area contributed by atoms with Gasteiger partial charge < -0.3 is 20.1 Å². The Hall–Kier alpha value is -2.86. The second kappa shape index (κ2) is 6.39. The van der Waals surface area contributed by atoms with Gasteiger partial charge in [0.1, 0.15) is 17.2 Å². The molecule has 0 radical (unpaired) electrons. The number of fused-ring (bicyclic) bond motifs is 3. The van der Waals surface area contributed by atoms with Crippen molar-refractivity contribution in [1.82, 2.24) is 0 Å². The largest absolute Gasteiger partial charge is 0.507 e. The van der Waals surface area contributed by atoms with Gasteiger partial charge in [0.25, 0.3) is 0 Å². The van der Waals surface area contributed by atoms with Gasteiger partial charge in [0, 0.05) is 23.3 Å². The molecule has 1 unspecified atom stereocenters. The van der Waals surface area contributed by atoms with E-state index in [1.807, 2.05) is 0 Å². The molecule has 0 fully saturated rings. The summed E-state index contributed by atoms with van der Waals surface area (Å²) in [4.78, 5) is 13.1. The molecule has 0 spiro atoms. The van der Waals surface area contributed by atoms with Crippen LogP contribution in [0.15, 0.2) is 18.2 Å². The molecule has 0 amide bonds. The predicted molar refractivity (Wildman–Crippen MR) is 99.3 cm³/mol. The van der Waals surface area contributed by atoms with Gasteiger partial charge in [-0.2, -0.15) is 0 Å². The van der Waals surface area contributed by atoms with Crippen molar-refractivity contribution >= 4 is 11.5 Å². The Balaban J connectivity index is 1.95. The maximum absolute atomic E-state index is 13.1. The average Bonchev–Trinajstić information content (AvgIpc) is 2.68. The molecule has 2 aliphatic rings. The first-order valence-corrected chi connectivity index (χ1v) is 9.01. The van der Waals surface area contributed by atoms with Crippen LogP contribution in [0.5, 0.6) is 17.2 Å². The van der Waals surface area contributed by atoms with Crippen molar-refractivity contribution < 1.29 is 24.9 Å². The number of ether oxygens (including phenoxy) is 1. The first kappa shape index (κ1) is 17.5. The van der Waals surface area contributed by atoms with Crippen molar-refractivity contribution in [1.29, 1.82) is 5.41 Å². The van der Waals surface area contributed by atoms with Crippen LogP contribution in [0.1, 0.15) is 51.0 Å². The molecular weight excluding hydrogens is 346 g/mol. The number of aliphatic hydroxyl groups excluding tert-OH is 1. The van der Waals surface area contributed by atoms with Crippen LogP contribution in [-0.4, -0.2) is 40.5 Å². The van der Waals surface area contributed by atoms with E-state index in [1.165, 1.54) is 7.11 Å². The molecule has 1 atom stereocenters. The summed E-state index contributed by atoms with van der Waals surface area (Å²) in [5.41, 5.74) is 1.81. The number of phenolic OH excluding ortho intramolecular Hbond substituents is 2. The molecule has 4 N–H and O–H groups in total. The quantitative estimate of drug-likeness (QED) is 0.532. The van der Waals surface area contributed by atoms with Gasteiger partial charge >= 0.3 is 0 Å². The zero-order valence-electron chi connectivity index (χ0n) is 15.0. The number of benzene rings is 2. The molecule has 2 aromatic rings. The highest BCUT2D eigenvalue weighted by Gasteiger charge is 2.38. The van der Waals surface area contributed by atoms with Crippen LogP contribution in [0, 0.1) is 11.3 Å². The third-order valence-corrected chi connectivity index (χ3v) is 5.71. The summed E-state index contributed by atoms with van der Waals surface area (Å²) in [6, 6.07) is 4.93. The number of hydrogen-bond donors (Lipinski definition) is 4. The zero-order chi connectivity index (χ0) is 19.3. The van der Waals surface area contributed by atoms with Crippen LogP contribution in [-0.2, 0) is 12.8 Å². The highest BCUT2D eigenvalue weighted by Crippen LogP contribution is 2.47. The second-order valence-electron chi connectivity index (χ2n) is 7.11. The molecule has 0 aliphatic heterocycles. The third-order valence-electron chi connectivity index (χ3n) is 5.71. The van der Waals surface area contributed by atoms with Gasteiger partial charge in [-0.05, 0) is 37.7 Å². The number of nitrogens with one attached hydrogen (secondary N) is 1. The lowest BCUT2D eigenvalue weighted by Crippen LogP contribution is -2.25. The summed E-state index contributed by atoms with van der Waals surface area (Å²) in [6.45, 7) is 0.0639. The van der Waals surface area contributed by atoms with Gasteiger partial charge in [0.05, 0.1) is 29.5 Å². The number of aliphatic hydroxyl groups is 1. The van der Waals surface area contributed by atoms with Gasteiger partial charge in [-0.1, -0.05) is 12.1 Å². The van der Waals surface area contributed by atoms with Crippen molar-refractivity contribution in [3.63, 3.8) is 0 Å². The lowest BCUT2D eigenvalue weighted by Gasteiger charge is -2.30. The summed E-state index contributed by atoms with van der Waals surface area (Å²) >= 11 is 0. The van der Waals surface area contributed by atoms with Gasteiger partial charge in [0.2, 0.25) is 0 Å². The van der Waals surface area contributed by atoms with Crippen LogP contribution in [0.2, 0.25) is 0 Å². The molecule has 4 rings (SSSR count). The Bertz CT molecular complexity index is 979. The Kier molecular flexibility index (Phi) is 4.15. The number of ketones is 1. The highest BCUT2D eigenvalue weighted by molar-refractivity contribution is 6.32. The van der Waals surface area contributed by atoms with Crippen molar-refractivity contribution in [2.45, 2.75) is 25.7 Å². The normalized spacial score (nSPS) is 17.9. The summed E-state index contributed by atoms with van der Waals surface area (Å²) in [6.07, 6.45) is 2.42. The van der Waals surface area contributed by atoms with Crippen molar-refractivity contribution in [3.8, 4) is 17.2 Å². The van der Waals surface area contributed by atoms with E-state index in [2.05, 4.69) is 0 Å². The van der Waals surface area contributed by atoms with E-state index in [-0.39, 0.29) is 46.4 Å². The van der Waals surface area contributed by atoms with Crippen LogP contribution in [0.25, 0.3) is 0 Å². The minimum Gasteiger partial charge on any atom is -0.507 e. The van der Waals surface area contributed by atoms with E-state index in [0.29, 0.717) is 41.7 Å². The molecule has 6 heteroatoms. The maximum atomic E-state index is 13.1. The number of aromatic hydroxyl groups is 2. The maximum Gasteiger partial charge on any atom is 0.198 e. The SMILES string of the molecule is COc1cccc2c1C(=N)c1c(O)c3c(c(O)c1C2=O)CC(CCO)CC3. The lowest BCUT2D eigenvalue weighted by atomic mass is 9.75. The van der Waals surface area contributed by atoms with Crippen LogP contribution >= 0.6 is 0 Å². The number of phenols is 2. The van der Waals surface area contributed by atoms with Crippen LogP contribution < -0.4 is 4.74 Å². The number of carbonyl (C=O) groups excluding carboxylic acids is 1. The lowest BCUT2D eigenvalue weighted by molar-refractivity contribution is 0.103. The van der Waals surface area contributed by atoms with Crippen molar-refractivity contribution in [3.05, 3.63) is 51.6 Å². The highest BCUT2D eigenvalue weighted by atomic mass is 16.5. The Morgan fingerprint density at radius 3 is 2.59 bits per heavy atom. The number of carbonyl (C=O) groups is 1. The van der Waals surface area contributed by atoms with Gasteiger partial charge in [-0.15, -0.1) is 0 Å². The standard InChI is InChI=1S/C21H21NO5/c1-27-14-4-2-3-12-15(14)18(22)16-17(20(12)25)21(26)13-9-10(7-8-23)5-6-11(13)19(16)24/h2-4,10,22-24,26H,5-9H2,1H3. The molecule has 0 bridgehead atoms. The molecule has 0 aromatic heterocycles. The van der Waals surface area contributed by atoms with Gasteiger partial charge in [0.15, 0.2) is 5.78 Å². The molecular formula is C21H21NO5. The molecule has 27 heavy (non-hydrogen) atoms. The average molecular weight is 367 g/mol. The van der Waals surface area contributed by atoms with Crippen LogP contribution in [0.4, 0.5) is 0 Å². The fourth-order valence-electron chi connectivity index (χ4n) is 4.35. The molecule has 2 aliphatic carbocycles. The fraction of sp³-hybridized carbons (Fsp3) is 0.333. The zero-order valence-corrected chi connectivity index (χ0v) is 15.0. The van der Waals surface area contributed by atoms with E-state index >= 15 is 0 Å². The van der Waals surface area contributed by atoms with Crippen LogP contribution in [0.3, 0.4) is 0 Å². The van der Waals surface area contributed by atoms with Crippen molar-refractivity contribution in [2.24, 2.45) is 5.92 Å². The number of methoxy groups -OCH3 is 1. The smallest absolute Gasteiger partial charge is 0.198 e. The Morgan fingerprint density at radius 1 is 1.15 bits per heavy atom. The minimum atomic E-state index is -0.421. The minimum absolute atomic E-state index is 0.0124. The number of rotatable bonds is 3. The van der Waals surface area contributed by atoms with E-state index in [1.54, 1.807) is 18.2 Å².